The molecule has 1 amide bonds. The Bertz CT molecular complexity index is 301. The molecule has 0 spiro atoms. The first kappa shape index (κ1) is 16.0. The monoisotopic (exact) mass is 270 g/mol. The quantitative estimate of drug-likeness (QED) is 0.639. The fraction of sp³-hybridized carbons (Fsp3) is 0.857. The number of hydrogen-bond donors (Lipinski definition) is 1. The van der Waals surface area contributed by atoms with Crippen LogP contribution in [0.1, 0.15) is 39.5 Å². The maximum absolute atomic E-state index is 12.1. The third-order valence-corrected chi connectivity index (χ3v) is 3.10. The van der Waals surface area contributed by atoms with Gasteiger partial charge in [-0.15, -0.1) is 0 Å². The van der Waals surface area contributed by atoms with Gasteiger partial charge < -0.3 is 15.0 Å². The average molecular weight is 270 g/mol. The van der Waals surface area contributed by atoms with Crippen molar-refractivity contribution >= 4 is 11.9 Å². The van der Waals surface area contributed by atoms with Crippen molar-refractivity contribution in [2.45, 2.75) is 45.6 Å². The van der Waals surface area contributed by atoms with Crippen molar-refractivity contribution in [2.75, 3.05) is 26.7 Å². The molecule has 1 fully saturated rings. The molecule has 0 saturated heterocycles. The standard InChI is InChI=1S/C14H26N2O3/c1-11(2)10-16(9-7-14(18)19-3)13(17)6-8-15-12-4-5-12/h11-12,15H,4-10H2,1-3H3. The molecule has 0 bridgehead atoms. The Kier molecular flexibility index (Phi) is 6.84. The van der Waals surface area contributed by atoms with E-state index in [0.717, 1.165) is 6.54 Å². The van der Waals surface area contributed by atoms with Crippen LogP contribution in [0.5, 0.6) is 0 Å². The number of amides is 1. The lowest BCUT2D eigenvalue weighted by atomic mass is 10.2. The van der Waals surface area contributed by atoms with E-state index >= 15 is 0 Å². The Morgan fingerprint density at radius 1 is 1.32 bits per heavy atom. The second-order valence-corrected chi connectivity index (χ2v) is 5.54. The molecule has 0 aromatic rings. The number of hydrogen-bond acceptors (Lipinski definition) is 4. The maximum atomic E-state index is 12.1. The lowest BCUT2D eigenvalue weighted by Crippen LogP contribution is -2.37. The van der Waals surface area contributed by atoms with Gasteiger partial charge in [0.25, 0.3) is 0 Å². The Labute approximate surface area is 115 Å². The molecule has 0 radical (unpaired) electrons. The Morgan fingerprint density at radius 2 is 2.00 bits per heavy atom. The molecule has 0 aromatic carbocycles. The SMILES string of the molecule is COC(=O)CCN(CC(C)C)C(=O)CCNC1CC1. The summed E-state index contributed by atoms with van der Waals surface area (Å²) in [6.07, 6.45) is 3.23. The minimum absolute atomic E-state index is 0.116. The summed E-state index contributed by atoms with van der Waals surface area (Å²) in [5.41, 5.74) is 0. The van der Waals surface area contributed by atoms with Gasteiger partial charge in [-0.2, -0.15) is 0 Å². The Hall–Kier alpha value is -1.10. The van der Waals surface area contributed by atoms with Crippen molar-refractivity contribution in [3.63, 3.8) is 0 Å². The van der Waals surface area contributed by atoms with E-state index in [1.54, 1.807) is 4.90 Å². The van der Waals surface area contributed by atoms with Gasteiger partial charge >= 0.3 is 5.97 Å². The molecular formula is C14H26N2O3. The average Bonchev–Trinajstić information content (AvgIpc) is 3.17. The molecule has 1 aliphatic rings. The highest BCUT2D eigenvalue weighted by Crippen LogP contribution is 2.18. The Morgan fingerprint density at radius 3 is 2.53 bits per heavy atom. The minimum Gasteiger partial charge on any atom is -0.469 e. The predicted octanol–water partition coefficient (Wildman–Crippen LogP) is 1.18. The van der Waals surface area contributed by atoms with Gasteiger partial charge in [-0.3, -0.25) is 9.59 Å². The van der Waals surface area contributed by atoms with Crippen LogP contribution in [0.15, 0.2) is 0 Å². The normalized spacial score (nSPS) is 14.5. The highest BCUT2D eigenvalue weighted by atomic mass is 16.5. The van der Waals surface area contributed by atoms with Gasteiger partial charge in [0.2, 0.25) is 5.91 Å². The zero-order valence-corrected chi connectivity index (χ0v) is 12.3. The first-order chi connectivity index (χ1) is 9.02. The van der Waals surface area contributed by atoms with Crippen molar-refractivity contribution in [3.8, 4) is 0 Å². The molecule has 0 atom stereocenters. The molecule has 5 heteroatoms. The molecule has 1 saturated carbocycles. The van der Waals surface area contributed by atoms with Crippen LogP contribution in [0.3, 0.4) is 0 Å². The summed E-state index contributed by atoms with van der Waals surface area (Å²) < 4.78 is 4.62. The lowest BCUT2D eigenvalue weighted by molar-refractivity contribution is -0.141. The van der Waals surface area contributed by atoms with E-state index in [1.807, 2.05) is 0 Å². The number of rotatable bonds is 9. The van der Waals surface area contributed by atoms with Gasteiger partial charge in [-0.05, 0) is 18.8 Å². The second kappa shape index (κ2) is 8.15. The van der Waals surface area contributed by atoms with Crippen molar-refractivity contribution in [1.82, 2.24) is 10.2 Å². The summed E-state index contributed by atoms with van der Waals surface area (Å²) in [7, 11) is 1.37. The molecule has 110 valence electrons. The smallest absolute Gasteiger partial charge is 0.307 e. The van der Waals surface area contributed by atoms with Crippen LogP contribution in [0, 0.1) is 5.92 Å². The summed E-state index contributed by atoms with van der Waals surface area (Å²) in [6.45, 7) is 6.02. The van der Waals surface area contributed by atoms with E-state index in [0.29, 0.717) is 31.5 Å². The van der Waals surface area contributed by atoms with Crippen LogP contribution in [0.25, 0.3) is 0 Å². The highest BCUT2D eigenvalue weighted by molar-refractivity contribution is 5.77. The molecule has 0 unspecified atom stereocenters. The van der Waals surface area contributed by atoms with Gasteiger partial charge in [-0.1, -0.05) is 13.8 Å². The molecular weight excluding hydrogens is 244 g/mol. The van der Waals surface area contributed by atoms with Crippen molar-refractivity contribution in [3.05, 3.63) is 0 Å². The summed E-state index contributed by atoms with van der Waals surface area (Å²) in [5, 5.41) is 3.33. The van der Waals surface area contributed by atoms with E-state index < -0.39 is 0 Å². The minimum atomic E-state index is -0.266. The van der Waals surface area contributed by atoms with Crippen LogP contribution in [-0.2, 0) is 14.3 Å². The predicted molar refractivity (Wildman–Crippen MR) is 73.7 cm³/mol. The number of nitrogens with one attached hydrogen (secondary N) is 1. The summed E-state index contributed by atoms with van der Waals surface area (Å²) in [6, 6.07) is 0.626. The molecule has 0 heterocycles. The first-order valence-corrected chi connectivity index (χ1v) is 7.11. The van der Waals surface area contributed by atoms with Gasteiger partial charge in [0.1, 0.15) is 0 Å². The van der Waals surface area contributed by atoms with Gasteiger partial charge in [0, 0.05) is 32.1 Å². The summed E-state index contributed by atoms with van der Waals surface area (Å²) >= 11 is 0. The van der Waals surface area contributed by atoms with Crippen LogP contribution in [0.2, 0.25) is 0 Å². The van der Waals surface area contributed by atoms with Crippen molar-refractivity contribution in [1.29, 1.82) is 0 Å². The lowest BCUT2D eigenvalue weighted by Gasteiger charge is -2.24. The van der Waals surface area contributed by atoms with Crippen LogP contribution < -0.4 is 5.32 Å². The highest BCUT2D eigenvalue weighted by Gasteiger charge is 2.21. The molecule has 1 aliphatic carbocycles. The fourth-order valence-corrected chi connectivity index (χ4v) is 1.92. The van der Waals surface area contributed by atoms with E-state index in [2.05, 4.69) is 23.9 Å². The molecule has 0 aliphatic heterocycles. The number of methoxy groups -OCH3 is 1. The van der Waals surface area contributed by atoms with Gasteiger partial charge in [-0.25, -0.2) is 0 Å². The molecule has 0 aromatic heterocycles. The van der Waals surface area contributed by atoms with Crippen LogP contribution in [0.4, 0.5) is 0 Å². The number of ether oxygens (including phenoxy) is 1. The van der Waals surface area contributed by atoms with Crippen LogP contribution in [-0.4, -0.2) is 49.6 Å². The third kappa shape index (κ3) is 7.15. The van der Waals surface area contributed by atoms with E-state index in [4.69, 9.17) is 0 Å². The number of esters is 1. The number of nitrogens with zero attached hydrogens (tertiary/aromatic N) is 1. The first-order valence-electron chi connectivity index (χ1n) is 7.11. The van der Waals surface area contributed by atoms with Crippen LogP contribution >= 0.6 is 0 Å². The Balaban J connectivity index is 2.31. The maximum Gasteiger partial charge on any atom is 0.307 e. The van der Waals surface area contributed by atoms with E-state index in [-0.39, 0.29) is 18.3 Å². The van der Waals surface area contributed by atoms with Gasteiger partial charge in [0.05, 0.1) is 13.5 Å². The van der Waals surface area contributed by atoms with E-state index in [9.17, 15) is 9.59 Å². The van der Waals surface area contributed by atoms with E-state index in [1.165, 1.54) is 20.0 Å². The molecule has 1 N–H and O–H groups in total. The molecule has 5 nitrogen and oxygen atoms in total. The topological polar surface area (TPSA) is 58.6 Å². The summed E-state index contributed by atoms with van der Waals surface area (Å²) in [4.78, 5) is 25.1. The second-order valence-electron chi connectivity index (χ2n) is 5.54. The zero-order valence-electron chi connectivity index (χ0n) is 12.3. The molecule has 19 heavy (non-hydrogen) atoms. The zero-order chi connectivity index (χ0) is 14.3. The number of carbonyl (C=O) groups is 2. The van der Waals surface area contributed by atoms with Gasteiger partial charge in [0.15, 0.2) is 0 Å². The number of carbonyl (C=O) groups excluding carboxylic acids is 2. The largest absolute Gasteiger partial charge is 0.469 e. The van der Waals surface area contributed by atoms with Crippen molar-refractivity contribution < 1.29 is 14.3 Å². The fourth-order valence-electron chi connectivity index (χ4n) is 1.92. The molecule has 1 rings (SSSR count). The summed E-state index contributed by atoms with van der Waals surface area (Å²) in [5.74, 6) is 0.251. The third-order valence-electron chi connectivity index (χ3n) is 3.10. The van der Waals surface area contributed by atoms with Crippen molar-refractivity contribution in [2.24, 2.45) is 5.92 Å².